The molecule has 1 atom stereocenters. The van der Waals surface area contributed by atoms with Crippen LogP contribution in [0, 0.1) is 0 Å². The van der Waals surface area contributed by atoms with Crippen molar-refractivity contribution >= 4 is 5.91 Å². The van der Waals surface area contributed by atoms with Crippen molar-refractivity contribution in [1.82, 2.24) is 10.6 Å². The Labute approximate surface area is 113 Å². The number of nitrogens with one attached hydrogen (secondary N) is 2. The quantitative estimate of drug-likeness (QED) is 0.837. The summed E-state index contributed by atoms with van der Waals surface area (Å²) in [5.74, 6) is 1.03. The number of rotatable bonds is 5. The summed E-state index contributed by atoms with van der Waals surface area (Å²) in [5, 5.41) is 6.15. The van der Waals surface area contributed by atoms with Gasteiger partial charge < -0.3 is 15.4 Å². The van der Waals surface area contributed by atoms with E-state index in [1.807, 2.05) is 18.2 Å². The second kappa shape index (κ2) is 5.61. The van der Waals surface area contributed by atoms with Crippen LogP contribution in [0.1, 0.15) is 24.8 Å². The van der Waals surface area contributed by atoms with Gasteiger partial charge in [-0.15, -0.1) is 0 Å². The van der Waals surface area contributed by atoms with E-state index in [-0.39, 0.29) is 12.0 Å². The minimum absolute atomic E-state index is 0.0642. The van der Waals surface area contributed by atoms with Gasteiger partial charge in [0.1, 0.15) is 11.9 Å². The molecule has 4 nitrogen and oxygen atoms in total. The van der Waals surface area contributed by atoms with Crippen LogP contribution in [0.2, 0.25) is 0 Å². The van der Waals surface area contributed by atoms with Crippen molar-refractivity contribution in [2.24, 2.45) is 0 Å². The number of ether oxygens (including phenoxy) is 1. The summed E-state index contributed by atoms with van der Waals surface area (Å²) in [4.78, 5) is 11.6. The first-order chi connectivity index (χ1) is 9.31. The van der Waals surface area contributed by atoms with Gasteiger partial charge >= 0.3 is 0 Å². The summed E-state index contributed by atoms with van der Waals surface area (Å²) >= 11 is 0. The Balaban J connectivity index is 1.42. The number of carbonyl (C=O) groups excluding carboxylic acids is 1. The molecule has 1 saturated carbocycles. The van der Waals surface area contributed by atoms with E-state index in [1.54, 1.807) is 0 Å². The molecule has 1 fully saturated rings. The van der Waals surface area contributed by atoms with E-state index in [1.165, 1.54) is 18.4 Å². The van der Waals surface area contributed by atoms with Crippen molar-refractivity contribution in [2.45, 2.75) is 37.8 Å². The van der Waals surface area contributed by atoms with Crippen LogP contribution in [0.5, 0.6) is 5.75 Å². The molecule has 2 N–H and O–H groups in total. The fourth-order valence-corrected chi connectivity index (χ4v) is 2.34. The molecule has 3 rings (SSSR count). The van der Waals surface area contributed by atoms with Crippen LogP contribution >= 0.6 is 0 Å². The number of fused-ring (bicyclic) bond motifs is 1. The van der Waals surface area contributed by atoms with Crippen LogP contribution in [-0.4, -0.2) is 31.1 Å². The molecule has 1 aromatic carbocycles. The van der Waals surface area contributed by atoms with Crippen LogP contribution in [0.15, 0.2) is 24.3 Å². The molecule has 4 heteroatoms. The Hall–Kier alpha value is -1.55. The first-order valence-corrected chi connectivity index (χ1v) is 7.06. The molecule has 2 aliphatic rings. The Morgan fingerprint density at radius 2 is 2.11 bits per heavy atom. The number of carbonyl (C=O) groups is 1. The van der Waals surface area contributed by atoms with Gasteiger partial charge in [-0.3, -0.25) is 4.79 Å². The van der Waals surface area contributed by atoms with E-state index in [0.717, 1.165) is 18.6 Å². The lowest BCUT2D eigenvalue weighted by molar-refractivity contribution is -0.120. The molecule has 1 aliphatic carbocycles. The average molecular weight is 260 g/mol. The van der Waals surface area contributed by atoms with Crippen LogP contribution in [0.4, 0.5) is 0 Å². The molecule has 0 bridgehead atoms. The predicted molar refractivity (Wildman–Crippen MR) is 73.2 cm³/mol. The predicted octanol–water partition coefficient (Wildman–Crippen LogP) is 1.25. The smallest absolute Gasteiger partial charge is 0.234 e. The van der Waals surface area contributed by atoms with E-state index < -0.39 is 0 Å². The number of para-hydroxylation sites is 1. The van der Waals surface area contributed by atoms with Gasteiger partial charge in [0, 0.05) is 6.04 Å². The molecule has 0 saturated heterocycles. The zero-order valence-electron chi connectivity index (χ0n) is 11.0. The molecule has 1 amide bonds. The molecule has 0 aromatic heterocycles. The third kappa shape index (κ3) is 3.47. The van der Waals surface area contributed by atoms with Crippen LogP contribution in [0.25, 0.3) is 0 Å². The lowest BCUT2D eigenvalue weighted by Crippen LogP contribution is -2.41. The summed E-state index contributed by atoms with van der Waals surface area (Å²) in [6, 6.07) is 8.69. The van der Waals surface area contributed by atoms with Crippen molar-refractivity contribution in [3.63, 3.8) is 0 Å². The molecule has 1 heterocycles. The summed E-state index contributed by atoms with van der Waals surface area (Å²) < 4.78 is 5.89. The highest BCUT2D eigenvalue weighted by atomic mass is 16.5. The van der Waals surface area contributed by atoms with Gasteiger partial charge in [0.25, 0.3) is 0 Å². The molecule has 0 unspecified atom stereocenters. The van der Waals surface area contributed by atoms with Crippen molar-refractivity contribution in [3.8, 4) is 5.75 Å². The van der Waals surface area contributed by atoms with Crippen molar-refractivity contribution in [2.75, 3.05) is 13.1 Å². The normalized spacial score (nSPS) is 21.4. The molecule has 19 heavy (non-hydrogen) atoms. The van der Waals surface area contributed by atoms with Crippen molar-refractivity contribution in [1.29, 1.82) is 0 Å². The fraction of sp³-hybridized carbons (Fsp3) is 0.533. The average Bonchev–Trinajstić information content (AvgIpc) is 3.27. The minimum atomic E-state index is 0.0642. The molecule has 0 spiro atoms. The highest BCUT2D eigenvalue weighted by Crippen LogP contribution is 2.26. The van der Waals surface area contributed by atoms with E-state index in [2.05, 4.69) is 16.7 Å². The lowest BCUT2D eigenvalue weighted by atomic mass is 10.0. The van der Waals surface area contributed by atoms with Gasteiger partial charge in [0.05, 0.1) is 13.1 Å². The molecular formula is C15H20N2O2. The maximum absolute atomic E-state index is 11.6. The Bertz CT molecular complexity index is 457. The summed E-state index contributed by atoms with van der Waals surface area (Å²) in [6.45, 7) is 1.02. The largest absolute Gasteiger partial charge is 0.488 e. The Kier molecular flexibility index (Phi) is 3.69. The molecule has 0 radical (unpaired) electrons. The van der Waals surface area contributed by atoms with Gasteiger partial charge in [-0.05, 0) is 37.3 Å². The Morgan fingerprint density at radius 3 is 2.95 bits per heavy atom. The summed E-state index contributed by atoms with van der Waals surface area (Å²) in [7, 11) is 0. The van der Waals surface area contributed by atoms with E-state index in [0.29, 0.717) is 19.1 Å². The first kappa shape index (κ1) is 12.5. The summed E-state index contributed by atoms with van der Waals surface area (Å²) in [6.07, 6.45) is 4.50. The molecule has 102 valence electrons. The Morgan fingerprint density at radius 1 is 1.26 bits per heavy atom. The molecule has 1 aromatic rings. The van der Waals surface area contributed by atoms with Gasteiger partial charge in [-0.1, -0.05) is 18.2 Å². The van der Waals surface area contributed by atoms with Crippen LogP contribution in [0.3, 0.4) is 0 Å². The number of aryl methyl sites for hydroxylation is 1. The molecule has 1 aliphatic heterocycles. The van der Waals surface area contributed by atoms with Gasteiger partial charge in [0.2, 0.25) is 5.91 Å². The minimum Gasteiger partial charge on any atom is -0.488 e. The van der Waals surface area contributed by atoms with Gasteiger partial charge in [-0.2, -0.15) is 0 Å². The van der Waals surface area contributed by atoms with Crippen LogP contribution < -0.4 is 15.4 Å². The van der Waals surface area contributed by atoms with E-state index >= 15 is 0 Å². The lowest BCUT2D eigenvalue weighted by Gasteiger charge is -2.26. The monoisotopic (exact) mass is 260 g/mol. The SMILES string of the molecule is O=C(CNC1CC1)NC[C@H]1CCc2ccccc2O1. The van der Waals surface area contributed by atoms with Crippen molar-refractivity contribution < 1.29 is 9.53 Å². The van der Waals surface area contributed by atoms with Crippen LogP contribution in [-0.2, 0) is 11.2 Å². The van der Waals surface area contributed by atoms with Gasteiger partial charge in [-0.25, -0.2) is 0 Å². The van der Waals surface area contributed by atoms with Crippen molar-refractivity contribution in [3.05, 3.63) is 29.8 Å². The standard InChI is InChI=1S/C15H20N2O2/c18-15(10-16-12-6-7-12)17-9-13-8-5-11-3-1-2-4-14(11)19-13/h1-4,12-13,16H,5-10H2,(H,17,18)/t13-/m1/s1. The zero-order valence-corrected chi connectivity index (χ0v) is 11.0. The number of hydrogen-bond acceptors (Lipinski definition) is 3. The third-order valence-corrected chi connectivity index (χ3v) is 3.66. The van der Waals surface area contributed by atoms with E-state index in [4.69, 9.17) is 4.74 Å². The number of benzene rings is 1. The van der Waals surface area contributed by atoms with Gasteiger partial charge in [0.15, 0.2) is 0 Å². The maximum Gasteiger partial charge on any atom is 0.234 e. The highest BCUT2D eigenvalue weighted by molar-refractivity contribution is 5.78. The second-order valence-corrected chi connectivity index (χ2v) is 5.35. The van der Waals surface area contributed by atoms with E-state index in [9.17, 15) is 4.79 Å². The second-order valence-electron chi connectivity index (χ2n) is 5.35. The fourth-order valence-electron chi connectivity index (χ4n) is 2.34. The first-order valence-electron chi connectivity index (χ1n) is 7.06. The maximum atomic E-state index is 11.6. The number of hydrogen-bond donors (Lipinski definition) is 2. The topological polar surface area (TPSA) is 50.4 Å². The zero-order chi connectivity index (χ0) is 13.1. The molecular weight excluding hydrogens is 240 g/mol. The number of amides is 1. The highest BCUT2D eigenvalue weighted by Gasteiger charge is 2.22. The summed E-state index contributed by atoms with van der Waals surface area (Å²) in [5.41, 5.74) is 1.26. The third-order valence-electron chi connectivity index (χ3n) is 3.66.